The summed E-state index contributed by atoms with van der Waals surface area (Å²) in [6, 6.07) is 4.01. The standard InChI is InChI=1S/C16H15N5O2S/c1-8-4-9(2)14-11(5-8)12(20-23-14)6-13(22)17-15-18-16-21(19-15)10(3)7-24-16/h4-5,7H,6H2,1-3H3,(H,17,19,22). The van der Waals surface area contributed by atoms with E-state index in [9.17, 15) is 4.79 Å². The van der Waals surface area contributed by atoms with E-state index >= 15 is 0 Å². The maximum absolute atomic E-state index is 12.3. The second-order valence-corrected chi connectivity index (χ2v) is 6.66. The van der Waals surface area contributed by atoms with Gasteiger partial charge in [0.1, 0.15) is 5.69 Å². The van der Waals surface area contributed by atoms with Gasteiger partial charge in [0.15, 0.2) is 5.58 Å². The summed E-state index contributed by atoms with van der Waals surface area (Å²) in [5, 5.41) is 13.9. The number of aromatic nitrogens is 4. The van der Waals surface area contributed by atoms with Crippen molar-refractivity contribution in [2.45, 2.75) is 27.2 Å². The second kappa shape index (κ2) is 5.41. The van der Waals surface area contributed by atoms with Gasteiger partial charge < -0.3 is 4.52 Å². The van der Waals surface area contributed by atoms with Crippen molar-refractivity contribution in [1.29, 1.82) is 0 Å². The van der Waals surface area contributed by atoms with E-state index in [0.29, 0.717) is 11.6 Å². The molecule has 8 heteroatoms. The summed E-state index contributed by atoms with van der Waals surface area (Å²) >= 11 is 1.48. The van der Waals surface area contributed by atoms with Gasteiger partial charge in [-0.2, -0.15) is 4.98 Å². The highest BCUT2D eigenvalue weighted by Gasteiger charge is 2.16. The molecular formula is C16H15N5O2S. The molecule has 0 radical (unpaired) electrons. The first-order valence-corrected chi connectivity index (χ1v) is 8.35. The number of carbonyl (C=O) groups excluding carboxylic acids is 1. The lowest BCUT2D eigenvalue weighted by molar-refractivity contribution is -0.115. The lowest BCUT2D eigenvalue weighted by atomic mass is 10.1. The number of nitrogens with zero attached hydrogens (tertiary/aromatic N) is 4. The largest absolute Gasteiger partial charge is 0.356 e. The van der Waals surface area contributed by atoms with Crippen molar-refractivity contribution in [2.75, 3.05) is 5.32 Å². The minimum Gasteiger partial charge on any atom is -0.356 e. The van der Waals surface area contributed by atoms with Gasteiger partial charge in [0, 0.05) is 10.8 Å². The van der Waals surface area contributed by atoms with Gasteiger partial charge in [-0.25, -0.2) is 4.52 Å². The number of aryl methyl sites for hydroxylation is 3. The maximum atomic E-state index is 12.3. The lowest BCUT2D eigenvalue weighted by Crippen LogP contribution is -2.16. The third kappa shape index (κ3) is 2.44. The second-order valence-electron chi connectivity index (χ2n) is 5.82. The molecule has 4 aromatic rings. The zero-order chi connectivity index (χ0) is 16.8. The first kappa shape index (κ1) is 14.8. The molecule has 1 N–H and O–H groups in total. The van der Waals surface area contributed by atoms with E-state index < -0.39 is 0 Å². The molecule has 0 bridgehead atoms. The molecule has 3 heterocycles. The van der Waals surface area contributed by atoms with Crippen LogP contribution in [0, 0.1) is 20.8 Å². The predicted molar refractivity (Wildman–Crippen MR) is 91.4 cm³/mol. The fraction of sp³-hybridized carbons (Fsp3) is 0.250. The molecule has 122 valence electrons. The molecule has 7 nitrogen and oxygen atoms in total. The molecular weight excluding hydrogens is 326 g/mol. The predicted octanol–water partition coefficient (Wildman–Crippen LogP) is 3.04. The molecule has 0 saturated heterocycles. The van der Waals surface area contributed by atoms with Crippen LogP contribution in [0.2, 0.25) is 0 Å². The van der Waals surface area contributed by atoms with Crippen LogP contribution in [0.25, 0.3) is 15.9 Å². The number of fused-ring (bicyclic) bond motifs is 2. The van der Waals surface area contributed by atoms with Crippen molar-refractivity contribution in [3.8, 4) is 0 Å². The first-order chi connectivity index (χ1) is 11.5. The van der Waals surface area contributed by atoms with Gasteiger partial charge in [-0.3, -0.25) is 10.1 Å². The molecule has 0 saturated carbocycles. The van der Waals surface area contributed by atoms with Crippen molar-refractivity contribution in [3.05, 3.63) is 40.0 Å². The van der Waals surface area contributed by atoms with Crippen LogP contribution < -0.4 is 5.32 Å². The Morgan fingerprint density at radius 3 is 2.96 bits per heavy atom. The number of benzene rings is 1. The number of hydrogen-bond acceptors (Lipinski definition) is 6. The third-order valence-corrected chi connectivity index (χ3v) is 4.74. The highest BCUT2D eigenvalue weighted by molar-refractivity contribution is 7.15. The minimum absolute atomic E-state index is 0.113. The molecule has 0 unspecified atom stereocenters. The van der Waals surface area contributed by atoms with Crippen LogP contribution >= 0.6 is 11.3 Å². The first-order valence-electron chi connectivity index (χ1n) is 7.47. The Hall–Kier alpha value is -2.74. The van der Waals surface area contributed by atoms with Crippen molar-refractivity contribution in [2.24, 2.45) is 0 Å². The van der Waals surface area contributed by atoms with Crippen LogP contribution in [0.5, 0.6) is 0 Å². The summed E-state index contributed by atoms with van der Waals surface area (Å²) in [5.74, 6) is 0.0791. The zero-order valence-corrected chi connectivity index (χ0v) is 14.3. The van der Waals surface area contributed by atoms with Crippen LogP contribution in [-0.4, -0.2) is 25.7 Å². The molecule has 1 amide bonds. The molecule has 4 rings (SSSR count). The van der Waals surface area contributed by atoms with Crippen LogP contribution in [-0.2, 0) is 11.2 Å². The summed E-state index contributed by atoms with van der Waals surface area (Å²) in [6.07, 6.45) is 0.113. The van der Waals surface area contributed by atoms with Gasteiger partial charge in [-0.05, 0) is 38.0 Å². The summed E-state index contributed by atoms with van der Waals surface area (Å²) in [4.78, 5) is 17.3. The highest BCUT2D eigenvalue weighted by atomic mass is 32.1. The third-order valence-electron chi connectivity index (χ3n) is 3.80. The minimum atomic E-state index is -0.222. The van der Waals surface area contributed by atoms with Crippen molar-refractivity contribution in [3.63, 3.8) is 0 Å². The Morgan fingerprint density at radius 1 is 1.33 bits per heavy atom. The Labute approximate surface area is 141 Å². The fourth-order valence-corrected chi connectivity index (χ4v) is 3.53. The van der Waals surface area contributed by atoms with Gasteiger partial charge in [0.2, 0.25) is 16.8 Å². The van der Waals surface area contributed by atoms with E-state index in [0.717, 1.165) is 32.8 Å². The average molecular weight is 341 g/mol. The molecule has 0 fully saturated rings. The van der Waals surface area contributed by atoms with E-state index in [1.165, 1.54) is 11.3 Å². The molecule has 0 aliphatic rings. The lowest BCUT2D eigenvalue weighted by Gasteiger charge is -2.00. The fourth-order valence-electron chi connectivity index (χ4n) is 2.73. The summed E-state index contributed by atoms with van der Waals surface area (Å²) in [5.41, 5.74) is 4.44. The molecule has 24 heavy (non-hydrogen) atoms. The molecule has 0 aliphatic carbocycles. The molecule has 0 spiro atoms. The quantitative estimate of drug-likeness (QED) is 0.619. The molecule has 0 atom stereocenters. The van der Waals surface area contributed by atoms with Gasteiger partial charge in [-0.15, -0.1) is 16.4 Å². The number of anilines is 1. The monoisotopic (exact) mass is 341 g/mol. The summed E-state index contributed by atoms with van der Waals surface area (Å²) in [6.45, 7) is 5.91. The number of rotatable bonds is 3. The summed E-state index contributed by atoms with van der Waals surface area (Å²) < 4.78 is 7.08. The van der Waals surface area contributed by atoms with E-state index in [4.69, 9.17) is 4.52 Å². The number of nitrogens with one attached hydrogen (secondary N) is 1. The Morgan fingerprint density at radius 2 is 2.17 bits per heavy atom. The Kier molecular flexibility index (Phi) is 3.34. The molecule has 1 aromatic carbocycles. The molecule has 0 aliphatic heterocycles. The number of thiazole rings is 1. The smallest absolute Gasteiger partial charge is 0.250 e. The number of hydrogen-bond donors (Lipinski definition) is 1. The number of amides is 1. The van der Waals surface area contributed by atoms with Gasteiger partial charge in [-0.1, -0.05) is 11.2 Å². The zero-order valence-electron chi connectivity index (χ0n) is 13.5. The van der Waals surface area contributed by atoms with Gasteiger partial charge >= 0.3 is 0 Å². The van der Waals surface area contributed by atoms with E-state index in [2.05, 4.69) is 20.6 Å². The SMILES string of the molecule is Cc1cc(C)c2onc(CC(=O)Nc3nc4scc(C)n4n3)c2c1. The Bertz CT molecular complexity index is 1080. The van der Waals surface area contributed by atoms with Gasteiger partial charge in [0.05, 0.1) is 12.1 Å². The summed E-state index contributed by atoms with van der Waals surface area (Å²) in [7, 11) is 0. The van der Waals surface area contributed by atoms with Crippen LogP contribution in [0.15, 0.2) is 22.0 Å². The topological polar surface area (TPSA) is 85.3 Å². The average Bonchev–Trinajstić information content (AvgIpc) is 3.17. The van der Waals surface area contributed by atoms with Gasteiger partial charge in [0.25, 0.3) is 0 Å². The Balaban J connectivity index is 1.57. The van der Waals surface area contributed by atoms with Crippen molar-refractivity contribution >= 4 is 39.1 Å². The van der Waals surface area contributed by atoms with Crippen LogP contribution in [0.1, 0.15) is 22.5 Å². The van der Waals surface area contributed by atoms with Crippen LogP contribution in [0.3, 0.4) is 0 Å². The van der Waals surface area contributed by atoms with Crippen molar-refractivity contribution < 1.29 is 9.32 Å². The number of carbonyl (C=O) groups is 1. The van der Waals surface area contributed by atoms with Crippen molar-refractivity contribution in [1.82, 2.24) is 19.8 Å². The van der Waals surface area contributed by atoms with E-state index in [-0.39, 0.29) is 12.3 Å². The highest BCUT2D eigenvalue weighted by Crippen LogP contribution is 2.24. The van der Waals surface area contributed by atoms with Crippen LogP contribution in [0.4, 0.5) is 5.95 Å². The maximum Gasteiger partial charge on any atom is 0.250 e. The normalized spacial score (nSPS) is 11.5. The van der Waals surface area contributed by atoms with E-state index in [1.54, 1.807) is 4.52 Å². The molecule has 3 aromatic heterocycles. The van der Waals surface area contributed by atoms with E-state index in [1.807, 2.05) is 38.3 Å².